The third-order valence-corrected chi connectivity index (χ3v) is 3.31. The van der Waals surface area contributed by atoms with Gasteiger partial charge in [0.2, 0.25) is 0 Å². The van der Waals surface area contributed by atoms with E-state index in [1.165, 1.54) is 18.6 Å². The summed E-state index contributed by atoms with van der Waals surface area (Å²) in [6, 6.07) is 3.29. The highest BCUT2D eigenvalue weighted by Gasteiger charge is 2.20. The predicted molar refractivity (Wildman–Crippen MR) is 67.0 cm³/mol. The molecule has 1 aromatic carbocycles. The van der Waals surface area contributed by atoms with Crippen molar-refractivity contribution in [3.8, 4) is 0 Å². The van der Waals surface area contributed by atoms with Crippen molar-refractivity contribution in [2.24, 2.45) is 5.73 Å². The largest absolute Gasteiger partial charge is 0.480 e. The van der Waals surface area contributed by atoms with Gasteiger partial charge in [0, 0.05) is 24.3 Å². The molecule has 4 nitrogen and oxygen atoms in total. The SMILES string of the molecule is N[C@H](C(=O)O)c1ccc(N2CCCCC2)cc1F. The summed E-state index contributed by atoms with van der Waals surface area (Å²) in [5.74, 6) is -1.77. The van der Waals surface area contributed by atoms with Gasteiger partial charge in [0.05, 0.1) is 0 Å². The number of carboxylic acids is 1. The van der Waals surface area contributed by atoms with Crippen molar-refractivity contribution in [3.63, 3.8) is 0 Å². The van der Waals surface area contributed by atoms with Gasteiger partial charge in [-0.2, -0.15) is 0 Å². The first-order valence-corrected chi connectivity index (χ1v) is 6.12. The highest BCUT2D eigenvalue weighted by molar-refractivity contribution is 5.75. The summed E-state index contributed by atoms with van der Waals surface area (Å²) in [5.41, 5.74) is 6.24. The molecule has 0 radical (unpaired) electrons. The van der Waals surface area contributed by atoms with Crippen LogP contribution in [0.4, 0.5) is 10.1 Å². The van der Waals surface area contributed by atoms with Gasteiger partial charge in [0.25, 0.3) is 0 Å². The van der Waals surface area contributed by atoms with Crippen LogP contribution in [0.3, 0.4) is 0 Å². The minimum atomic E-state index is -1.31. The van der Waals surface area contributed by atoms with Crippen LogP contribution in [0, 0.1) is 5.82 Å². The van der Waals surface area contributed by atoms with Crippen LogP contribution in [0.25, 0.3) is 0 Å². The molecule has 0 saturated carbocycles. The smallest absolute Gasteiger partial charge is 0.325 e. The molecule has 1 aromatic rings. The van der Waals surface area contributed by atoms with Crippen LogP contribution in [0.5, 0.6) is 0 Å². The van der Waals surface area contributed by atoms with Gasteiger partial charge in [0.15, 0.2) is 0 Å². The van der Waals surface area contributed by atoms with Crippen molar-refractivity contribution in [3.05, 3.63) is 29.6 Å². The number of halogens is 1. The number of hydrogen-bond acceptors (Lipinski definition) is 3. The summed E-state index contributed by atoms with van der Waals surface area (Å²) in [4.78, 5) is 12.9. The van der Waals surface area contributed by atoms with Crippen LogP contribution >= 0.6 is 0 Å². The van der Waals surface area contributed by atoms with E-state index in [9.17, 15) is 9.18 Å². The van der Waals surface area contributed by atoms with Crippen LogP contribution in [-0.2, 0) is 4.79 Å². The molecule has 18 heavy (non-hydrogen) atoms. The zero-order valence-corrected chi connectivity index (χ0v) is 10.1. The molecule has 0 bridgehead atoms. The summed E-state index contributed by atoms with van der Waals surface area (Å²) >= 11 is 0. The molecule has 0 amide bonds. The quantitative estimate of drug-likeness (QED) is 0.862. The fraction of sp³-hybridized carbons (Fsp3) is 0.462. The summed E-state index contributed by atoms with van der Waals surface area (Å²) in [6.45, 7) is 1.84. The second kappa shape index (κ2) is 5.35. The van der Waals surface area contributed by atoms with Crippen molar-refractivity contribution < 1.29 is 14.3 Å². The maximum Gasteiger partial charge on any atom is 0.325 e. The van der Waals surface area contributed by atoms with Crippen molar-refractivity contribution in [2.45, 2.75) is 25.3 Å². The zero-order valence-electron chi connectivity index (χ0n) is 10.1. The van der Waals surface area contributed by atoms with Crippen LogP contribution < -0.4 is 10.6 Å². The Hall–Kier alpha value is -1.62. The Morgan fingerprint density at radius 3 is 2.56 bits per heavy atom. The number of rotatable bonds is 3. The second-order valence-electron chi connectivity index (χ2n) is 4.57. The number of nitrogens with two attached hydrogens (primary N) is 1. The van der Waals surface area contributed by atoms with Gasteiger partial charge in [-0.25, -0.2) is 4.39 Å². The molecular weight excluding hydrogens is 235 g/mol. The fourth-order valence-corrected chi connectivity index (χ4v) is 2.25. The van der Waals surface area contributed by atoms with Gasteiger partial charge >= 0.3 is 5.97 Å². The number of carboxylic acid groups (broad SMARTS) is 1. The number of aliphatic carboxylic acids is 1. The molecule has 2 rings (SSSR count). The van der Waals surface area contributed by atoms with Gasteiger partial charge in [-0.3, -0.25) is 4.79 Å². The lowest BCUT2D eigenvalue weighted by atomic mass is 10.0. The van der Waals surface area contributed by atoms with Crippen LogP contribution in [0.15, 0.2) is 18.2 Å². The molecular formula is C13H17FN2O2. The summed E-state index contributed by atoms with van der Waals surface area (Å²) in [7, 11) is 0. The van der Waals surface area contributed by atoms with E-state index in [0.717, 1.165) is 31.6 Å². The lowest BCUT2D eigenvalue weighted by Gasteiger charge is -2.29. The molecule has 0 aliphatic carbocycles. The molecule has 1 heterocycles. The average molecular weight is 252 g/mol. The average Bonchev–Trinajstić information content (AvgIpc) is 2.38. The van der Waals surface area contributed by atoms with Gasteiger partial charge in [-0.05, 0) is 31.4 Å². The first-order chi connectivity index (χ1) is 8.59. The van der Waals surface area contributed by atoms with Crippen molar-refractivity contribution >= 4 is 11.7 Å². The van der Waals surface area contributed by atoms with E-state index in [-0.39, 0.29) is 5.56 Å². The summed E-state index contributed by atoms with van der Waals surface area (Å²) < 4.78 is 13.8. The molecule has 1 aliphatic heterocycles. The van der Waals surface area contributed by atoms with E-state index in [1.54, 1.807) is 6.07 Å². The molecule has 0 spiro atoms. The molecule has 5 heteroatoms. The van der Waals surface area contributed by atoms with Gasteiger partial charge in [-0.15, -0.1) is 0 Å². The molecule has 1 saturated heterocycles. The first kappa shape index (κ1) is 12.8. The molecule has 1 fully saturated rings. The minimum absolute atomic E-state index is 0.0308. The van der Waals surface area contributed by atoms with E-state index in [1.807, 2.05) is 0 Å². The number of carbonyl (C=O) groups is 1. The molecule has 3 N–H and O–H groups in total. The standard InChI is InChI=1S/C13H17FN2O2/c14-11-8-9(16-6-2-1-3-7-16)4-5-10(11)12(15)13(17)18/h4-5,8,12H,1-3,6-7,15H2,(H,17,18)/t12-/m0/s1. The van der Waals surface area contributed by atoms with Crippen LogP contribution in [0.2, 0.25) is 0 Å². The number of nitrogens with zero attached hydrogens (tertiary/aromatic N) is 1. The maximum absolute atomic E-state index is 13.8. The Kier molecular flexibility index (Phi) is 3.81. The van der Waals surface area contributed by atoms with E-state index >= 15 is 0 Å². The van der Waals surface area contributed by atoms with Gasteiger partial charge < -0.3 is 15.7 Å². The van der Waals surface area contributed by atoms with Gasteiger partial charge in [-0.1, -0.05) is 6.07 Å². The maximum atomic E-state index is 13.8. The van der Waals surface area contributed by atoms with Crippen molar-refractivity contribution in [1.29, 1.82) is 0 Å². The summed E-state index contributed by atoms with van der Waals surface area (Å²) in [6.07, 6.45) is 3.43. The van der Waals surface area contributed by atoms with Gasteiger partial charge in [0.1, 0.15) is 11.9 Å². The Morgan fingerprint density at radius 1 is 1.33 bits per heavy atom. The Bertz CT molecular complexity index is 445. The number of anilines is 1. The Balaban J connectivity index is 2.21. The third kappa shape index (κ3) is 2.61. The highest BCUT2D eigenvalue weighted by atomic mass is 19.1. The van der Waals surface area contributed by atoms with E-state index in [0.29, 0.717) is 0 Å². The zero-order chi connectivity index (χ0) is 13.1. The first-order valence-electron chi connectivity index (χ1n) is 6.12. The highest BCUT2D eigenvalue weighted by Crippen LogP contribution is 2.24. The number of hydrogen-bond donors (Lipinski definition) is 2. The Labute approximate surface area is 105 Å². The van der Waals surface area contributed by atoms with Crippen molar-refractivity contribution in [1.82, 2.24) is 0 Å². The van der Waals surface area contributed by atoms with E-state index in [2.05, 4.69) is 4.90 Å². The molecule has 98 valence electrons. The fourth-order valence-electron chi connectivity index (χ4n) is 2.25. The molecule has 0 unspecified atom stereocenters. The third-order valence-electron chi connectivity index (χ3n) is 3.31. The summed E-state index contributed by atoms with van der Waals surface area (Å²) in [5, 5.41) is 8.78. The molecule has 0 aromatic heterocycles. The predicted octanol–water partition coefficient (Wildman–Crippen LogP) is 1.90. The monoisotopic (exact) mass is 252 g/mol. The lowest BCUT2D eigenvalue weighted by molar-refractivity contribution is -0.138. The molecule has 1 aliphatic rings. The minimum Gasteiger partial charge on any atom is -0.480 e. The Morgan fingerprint density at radius 2 is 2.00 bits per heavy atom. The van der Waals surface area contributed by atoms with E-state index in [4.69, 9.17) is 10.8 Å². The second-order valence-corrected chi connectivity index (χ2v) is 4.57. The number of piperidine rings is 1. The topological polar surface area (TPSA) is 66.6 Å². The molecule has 1 atom stereocenters. The van der Waals surface area contributed by atoms with Crippen molar-refractivity contribution in [2.75, 3.05) is 18.0 Å². The normalized spacial score (nSPS) is 17.6. The number of benzene rings is 1. The van der Waals surface area contributed by atoms with Crippen LogP contribution in [0.1, 0.15) is 30.9 Å². The van der Waals surface area contributed by atoms with E-state index < -0.39 is 17.8 Å². The lowest BCUT2D eigenvalue weighted by Crippen LogP contribution is -2.29. The van der Waals surface area contributed by atoms with Crippen LogP contribution in [-0.4, -0.2) is 24.2 Å².